The van der Waals surface area contributed by atoms with E-state index in [1.54, 1.807) is 10.9 Å². The van der Waals surface area contributed by atoms with Crippen LogP contribution < -0.4 is 5.73 Å². The zero-order chi connectivity index (χ0) is 14.4. The summed E-state index contributed by atoms with van der Waals surface area (Å²) in [5.41, 5.74) is 6.22. The Labute approximate surface area is 117 Å². The fourth-order valence-corrected chi connectivity index (χ4v) is 1.90. The number of nitrogens with zero attached hydrogens (tertiary/aromatic N) is 6. The van der Waals surface area contributed by atoms with Crippen molar-refractivity contribution in [2.45, 2.75) is 33.4 Å². The van der Waals surface area contributed by atoms with Crippen LogP contribution in [0.25, 0.3) is 0 Å². The summed E-state index contributed by atoms with van der Waals surface area (Å²) in [5, 5.41) is 11.8. The maximum absolute atomic E-state index is 5.48. The SMILES string of the molecule is CCN(CC)CCc1noc(Cn2cc(CN)nn2)n1. The Bertz CT molecular complexity index is 517. The van der Waals surface area contributed by atoms with E-state index in [1.165, 1.54) is 0 Å². The van der Waals surface area contributed by atoms with Crippen LogP contribution in [-0.4, -0.2) is 49.7 Å². The van der Waals surface area contributed by atoms with Crippen LogP contribution in [0.2, 0.25) is 0 Å². The van der Waals surface area contributed by atoms with Crippen molar-refractivity contribution >= 4 is 0 Å². The number of hydrogen-bond donors (Lipinski definition) is 1. The lowest BCUT2D eigenvalue weighted by molar-refractivity contribution is 0.302. The average Bonchev–Trinajstić information content (AvgIpc) is 3.10. The smallest absolute Gasteiger partial charge is 0.248 e. The van der Waals surface area contributed by atoms with Crippen molar-refractivity contribution in [3.63, 3.8) is 0 Å². The predicted molar refractivity (Wildman–Crippen MR) is 72.8 cm³/mol. The van der Waals surface area contributed by atoms with Crippen LogP contribution in [0.5, 0.6) is 0 Å². The van der Waals surface area contributed by atoms with Gasteiger partial charge in [0.2, 0.25) is 5.89 Å². The fraction of sp³-hybridized carbons (Fsp3) is 0.667. The van der Waals surface area contributed by atoms with Gasteiger partial charge >= 0.3 is 0 Å². The second-order valence-electron chi connectivity index (χ2n) is 4.49. The first-order valence-electron chi connectivity index (χ1n) is 6.88. The van der Waals surface area contributed by atoms with Crippen LogP contribution in [0, 0.1) is 0 Å². The summed E-state index contributed by atoms with van der Waals surface area (Å²) in [7, 11) is 0. The molecule has 0 unspecified atom stereocenters. The Balaban J connectivity index is 1.88. The Kier molecular flexibility index (Phi) is 5.19. The van der Waals surface area contributed by atoms with Crippen molar-refractivity contribution in [2.75, 3.05) is 19.6 Å². The van der Waals surface area contributed by atoms with Gasteiger partial charge in [-0.25, -0.2) is 4.68 Å². The molecule has 0 saturated heterocycles. The van der Waals surface area contributed by atoms with E-state index >= 15 is 0 Å². The monoisotopic (exact) mass is 279 g/mol. The van der Waals surface area contributed by atoms with Gasteiger partial charge in [-0.15, -0.1) is 5.10 Å². The Morgan fingerprint density at radius 1 is 1.35 bits per heavy atom. The Morgan fingerprint density at radius 2 is 2.15 bits per heavy atom. The van der Waals surface area contributed by atoms with E-state index in [0.29, 0.717) is 19.0 Å². The zero-order valence-electron chi connectivity index (χ0n) is 12.0. The molecule has 0 bridgehead atoms. The van der Waals surface area contributed by atoms with Gasteiger partial charge in [-0.3, -0.25) is 0 Å². The Hall–Kier alpha value is -1.80. The van der Waals surface area contributed by atoms with E-state index in [1.807, 2.05) is 0 Å². The molecule has 8 heteroatoms. The summed E-state index contributed by atoms with van der Waals surface area (Å²) >= 11 is 0. The third kappa shape index (κ3) is 3.84. The van der Waals surface area contributed by atoms with Crippen LogP contribution in [0.4, 0.5) is 0 Å². The van der Waals surface area contributed by atoms with E-state index in [0.717, 1.165) is 37.6 Å². The fourth-order valence-electron chi connectivity index (χ4n) is 1.90. The summed E-state index contributed by atoms with van der Waals surface area (Å²) in [4.78, 5) is 6.68. The summed E-state index contributed by atoms with van der Waals surface area (Å²) in [6.07, 6.45) is 2.57. The van der Waals surface area contributed by atoms with Crippen molar-refractivity contribution in [3.05, 3.63) is 23.6 Å². The van der Waals surface area contributed by atoms with Crippen LogP contribution in [0.3, 0.4) is 0 Å². The van der Waals surface area contributed by atoms with Gasteiger partial charge in [0.05, 0.1) is 11.9 Å². The number of aromatic nitrogens is 5. The molecule has 0 atom stereocenters. The van der Waals surface area contributed by atoms with Crippen molar-refractivity contribution in [2.24, 2.45) is 5.73 Å². The van der Waals surface area contributed by atoms with Gasteiger partial charge in [0.15, 0.2) is 5.82 Å². The average molecular weight is 279 g/mol. The second-order valence-corrected chi connectivity index (χ2v) is 4.49. The maximum atomic E-state index is 5.48. The highest BCUT2D eigenvalue weighted by molar-refractivity contribution is 4.93. The van der Waals surface area contributed by atoms with Gasteiger partial charge in [-0.2, -0.15) is 4.98 Å². The Morgan fingerprint density at radius 3 is 2.80 bits per heavy atom. The number of likely N-dealkylation sites (N-methyl/N-ethyl adjacent to an activating group) is 1. The van der Waals surface area contributed by atoms with E-state index in [2.05, 4.69) is 39.2 Å². The molecular weight excluding hydrogens is 258 g/mol. The van der Waals surface area contributed by atoms with E-state index in [4.69, 9.17) is 10.3 Å². The zero-order valence-corrected chi connectivity index (χ0v) is 12.0. The molecule has 0 aliphatic rings. The van der Waals surface area contributed by atoms with Crippen molar-refractivity contribution in [1.29, 1.82) is 0 Å². The molecule has 2 rings (SSSR count). The molecule has 0 radical (unpaired) electrons. The third-order valence-electron chi connectivity index (χ3n) is 3.15. The van der Waals surface area contributed by atoms with Gasteiger partial charge in [0.25, 0.3) is 0 Å². The van der Waals surface area contributed by atoms with E-state index in [-0.39, 0.29) is 0 Å². The van der Waals surface area contributed by atoms with Gasteiger partial charge < -0.3 is 15.2 Å². The molecule has 0 spiro atoms. The predicted octanol–water partition coefficient (Wildman–Crippen LogP) is 0.0524. The maximum Gasteiger partial charge on any atom is 0.248 e. The lowest BCUT2D eigenvalue weighted by atomic mass is 10.3. The molecule has 2 aromatic rings. The lowest BCUT2D eigenvalue weighted by Crippen LogP contribution is -2.25. The van der Waals surface area contributed by atoms with Gasteiger partial charge in [0.1, 0.15) is 6.54 Å². The number of hydrogen-bond acceptors (Lipinski definition) is 7. The summed E-state index contributed by atoms with van der Waals surface area (Å²) in [6.45, 7) is 8.08. The molecule has 2 N–H and O–H groups in total. The van der Waals surface area contributed by atoms with E-state index < -0.39 is 0 Å². The molecule has 0 saturated carbocycles. The minimum Gasteiger partial charge on any atom is -0.337 e. The van der Waals surface area contributed by atoms with Crippen LogP contribution in [0.1, 0.15) is 31.3 Å². The first-order chi connectivity index (χ1) is 9.75. The van der Waals surface area contributed by atoms with Gasteiger partial charge in [-0.05, 0) is 13.1 Å². The largest absolute Gasteiger partial charge is 0.337 e. The van der Waals surface area contributed by atoms with E-state index in [9.17, 15) is 0 Å². The first kappa shape index (κ1) is 14.6. The topological polar surface area (TPSA) is 98.9 Å². The molecule has 2 heterocycles. The van der Waals surface area contributed by atoms with Gasteiger partial charge in [0, 0.05) is 19.5 Å². The molecule has 0 aliphatic carbocycles. The minimum absolute atomic E-state index is 0.374. The van der Waals surface area contributed by atoms with Gasteiger partial charge in [-0.1, -0.05) is 24.2 Å². The normalized spacial score (nSPS) is 11.4. The molecule has 0 amide bonds. The third-order valence-corrected chi connectivity index (χ3v) is 3.15. The second kappa shape index (κ2) is 7.11. The highest BCUT2D eigenvalue weighted by Gasteiger charge is 2.09. The summed E-state index contributed by atoms with van der Waals surface area (Å²) in [5.74, 6) is 1.26. The highest BCUT2D eigenvalue weighted by Crippen LogP contribution is 2.02. The molecular formula is C12H21N7O. The molecule has 110 valence electrons. The summed E-state index contributed by atoms with van der Waals surface area (Å²) in [6, 6.07) is 0. The quantitative estimate of drug-likeness (QED) is 0.729. The molecule has 0 fully saturated rings. The van der Waals surface area contributed by atoms with Crippen molar-refractivity contribution in [1.82, 2.24) is 30.0 Å². The minimum atomic E-state index is 0.374. The number of nitrogens with two attached hydrogens (primary N) is 1. The van der Waals surface area contributed by atoms with Crippen LogP contribution in [0.15, 0.2) is 10.7 Å². The lowest BCUT2D eigenvalue weighted by Gasteiger charge is -2.16. The van der Waals surface area contributed by atoms with Crippen LogP contribution >= 0.6 is 0 Å². The molecule has 20 heavy (non-hydrogen) atoms. The van der Waals surface area contributed by atoms with Crippen molar-refractivity contribution in [3.8, 4) is 0 Å². The molecule has 0 aliphatic heterocycles. The summed E-state index contributed by atoms with van der Waals surface area (Å²) < 4.78 is 6.85. The molecule has 8 nitrogen and oxygen atoms in total. The standard InChI is InChI=1S/C12H21N7O/c1-3-18(4-2)6-5-11-14-12(20-16-11)9-19-8-10(7-13)15-17-19/h8H,3-7,9,13H2,1-2H3. The highest BCUT2D eigenvalue weighted by atomic mass is 16.5. The molecule has 0 aromatic carbocycles. The van der Waals surface area contributed by atoms with Crippen molar-refractivity contribution < 1.29 is 4.52 Å². The number of rotatable bonds is 8. The first-order valence-corrected chi connectivity index (χ1v) is 6.88. The molecule has 2 aromatic heterocycles. The van der Waals surface area contributed by atoms with Crippen LogP contribution in [-0.2, 0) is 19.5 Å².